The Bertz CT molecular complexity index is 1010. The first kappa shape index (κ1) is 49.1. The Hall–Kier alpha value is -2.29. The number of aromatic nitrogens is 2. The molecule has 0 aliphatic carbocycles. The zero-order chi connectivity index (χ0) is 31.8. The fraction of sp³-hybridized carbons (Fsp3) is 0.630. The van der Waals surface area contributed by atoms with Gasteiger partial charge in [-0.3, -0.25) is 9.69 Å². The van der Waals surface area contributed by atoms with Crippen molar-refractivity contribution in [2.24, 2.45) is 10.2 Å². The van der Waals surface area contributed by atoms with Crippen molar-refractivity contribution in [3.05, 3.63) is 69.2 Å². The molecule has 0 spiro atoms. The van der Waals surface area contributed by atoms with Gasteiger partial charge in [0, 0.05) is 35.3 Å². The summed E-state index contributed by atoms with van der Waals surface area (Å²) in [5.41, 5.74) is 17.0. The zero-order valence-corrected chi connectivity index (χ0v) is 29.9. The molecule has 47 heavy (non-hydrogen) atoms. The Labute approximate surface area is 314 Å². The number of ether oxygens (including phenoxy) is 8. The van der Waals surface area contributed by atoms with Crippen molar-refractivity contribution in [3.63, 3.8) is 0 Å². The summed E-state index contributed by atoms with van der Waals surface area (Å²) in [6, 6.07) is 6.83. The summed E-state index contributed by atoms with van der Waals surface area (Å²) in [6.07, 6.45) is 3.09. The van der Waals surface area contributed by atoms with Gasteiger partial charge >= 0.3 is 51.4 Å². The molecule has 0 N–H and O–H groups in total. The molecule has 2 aromatic rings. The van der Waals surface area contributed by atoms with Crippen molar-refractivity contribution in [3.8, 4) is 11.5 Å². The number of pyridine rings is 2. The maximum Gasteiger partial charge on any atom is 1.00 e. The smallest absolute Gasteiger partial charge is 1.00 e. The molecule has 0 bridgehead atoms. The fourth-order valence-electron chi connectivity index (χ4n) is 2.91. The molecular formula is C27H42F3KN8O8. The molecule has 0 radical (unpaired) electrons. The Morgan fingerprint density at radius 2 is 0.979 bits per heavy atom. The Kier molecular flexibility index (Phi) is 39.9. The third-order valence-electron chi connectivity index (χ3n) is 4.94. The summed E-state index contributed by atoms with van der Waals surface area (Å²) in [6.45, 7) is 8.61. The third-order valence-corrected chi connectivity index (χ3v) is 4.94. The van der Waals surface area contributed by atoms with Crippen molar-refractivity contribution in [1.29, 1.82) is 0 Å². The van der Waals surface area contributed by atoms with E-state index in [0.29, 0.717) is 99.0 Å². The first-order chi connectivity index (χ1) is 21.7. The van der Waals surface area contributed by atoms with Gasteiger partial charge in [0.15, 0.2) is 5.75 Å². The first-order valence-corrected chi connectivity index (χ1v) is 13.9. The van der Waals surface area contributed by atoms with E-state index in [2.05, 4.69) is 30.0 Å². The van der Waals surface area contributed by atoms with Gasteiger partial charge in [-0.15, -0.1) is 0 Å². The SMILES string of the molecule is Cc1ncccc1OCCOCCOCCOCCN=[N+]=[N-].F.[18F-].[K+].[N-]=[N+]=NCCOCCOCCOCCOc1cccnc1F. The van der Waals surface area contributed by atoms with E-state index in [1.165, 1.54) is 12.3 Å². The van der Waals surface area contributed by atoms with Crippen LogP contribution in [0.4, 0.5) is 9.09 Å². The Morgan fingerprint density at radius 1 is 0.617 bits per heavy atom. The largest absolute Gasteiger partial charge is 1.00 e. The molecule has 0 saturated heterocycles. The second kappa shape index (κ2) is 38.2. The molecule has 260 valence electrons. The van der Waals surface area contributed by atoms with Gasteiger partial charge in [-0.05, 0) is 42.3 Å². The number of halogens is 3. The number of aryl methyl sites for hydroxylation is 1. The van der Waals surface area contributed by atoms with Crippen LogP contribution in [-0.2, 0) is 28.4 Å². The molecule has 2 rings (SSSR count). The van der Waals surface area contributed by atoms with Crippen LogP contribution in [0, 0.1) is 12.9 Å². The van der Waals surface area contributed by atoms with Crippen LogP contribution in [0.3, 0.4) is 0 Å². The van der Waals surface area contributed by atoms with Crippen molar-refractivity contribution >= 4 is 0 Å². The number of hydrogen-bond donors (Lipinski definition) is 0. The number of azide groups is 2. The molecule has 0 saturated carbocycles. The predicted octanol–water partition coefficient (Wildman–Crippen LogP) is -1.75. The van der Waals surface area contributed by atoms with Gasteiger partial charge in [-0.1, -0.05) is 10.2 Å². The maximum absolute atomic E-state index is 13.1. The average molecular weight is 702 g/mol. The summed E-state index contributed by atoms with van der Waals surface area (Å²) in [5.74, 6) is 0.256. The van der Waals surface area contributed by atoms with E-state index in [-0.39, 0.29) is 73.1 Å². The monoisotopic (exact) mass is 701 g/mol. The molecule has 2 aromatic heterocycles. The van der Waals surface area contributed by atoms with Gasteiger partial charge in [-0.2, -0.15) is 4.39 Å². The normalized spacial score (nSPS) is 9.57. The van der Waals surface area contributed by atoms with E-state index in [1.54, 1.807) is 12.3 Å². The number of hydrogen-bond acceptors (Lipinski definition) is 12. The Morgan fingerprint density at radius 3 is 1.38 bits per heavy atom. The van der Waals surface area contributed by atoms with Gasteiger partial charge in [0.05, 0.1) is 85.0 Å². The molecule has 0 unspecified atom stereocenters. The van der Waals surface area contributed by atoms with E-state index in [9.17, 15) is 4.39 Å². The van der Waals surface area contributed by atoms with E-state index >= 15 is 0 Å². The molecule has 0 aliphatic rings. The minimum atomic E-state index is -0.633. The topological polar surface area (TPSA) is 197 Å². The predicted molar refractivity (Wildman–Crippen MR) is 160 cm³/mol. The summed E-state index contributed by atoms with van der Waals surface area (Å²) in [7, 11) is 0. The van der Waals surface area contributed by atoms with E-state index in [0.717, 1.165) is 11.4 Å². The maximum atomic E-state index is 13.1. The second-order valence-electron chi connectivity index (χ2n) is 8.16. The Balaban J connectivity index is -0.000000774. The van der Waals surface area contributed by atoms with Crippen molar-refractivity contribution in [2.45, 2.75) is 6.92 Å². The van der Waals surface area contributed by atoms with Gasteiger partial charge in [0.1, 0.15) is 19.0 Å². The molecule has 16 nitrogen and oxygen atoms in total. The summed E-state index contributed by atoms with van der Waals surface area (Å²) in [4.78, 5) is 12.8. The van der Waals surface area contributed by atoms with Crippen LogP contribution in [0.5, 0.6) is 11.5 Å². The van der Waals surface area contributed by atoms with E-state index < -0.39 is 5.95 Å². The molecular weight excluding hydrogens is 659 g/mol. The van der Waals surface area contributed by atoms with E-state index in [1.807, 2.05) is 19.1 Å². The quantitative estimate of drug-likeness (QED) is 0.0271. The number of rotatable bonds is 26. The van der Waals surface area contributed by atoms with Crippen LogP contribution < -0.4 is 65.6 Å². The fourth-order valence-corrected chi connectivity index (χ4v) is 2.91. The summed E-state index contributed by atoms with van der Waals surface area (Å²) < 4.78 is 55.4. The minimum Gasteiger partial charge on any atom is -1.00 e. The second-order valence-corrected chi connectivity index (χ2v) is 8.16. The van der Waals surface area contributed by atoms with Gasteiger partial charge < -0.3 is 42.6 Å². The van der Waals surface area contributed by atoms with Crippen molar-refractivity contribution < 1.29 is 103 Å². The average Bonchev–Trinajstić information content (AvgIpc) is 3.03. The molecule has 0 amide bonds. The zero-order valence-electron chi connectivity index (χ0n) is 26.8. The van der Waals surface area contributed by atoms with Crippen LogP contribution >= 0.6 is 0 Å². The summed E-state index contributed by atoms with van der Waals surface area (Å²) >= 11 is 0. The minimum absolute atomic E-state index is 0. The molecule has 2 heterocycles. The summed E-state index contributed by atoms with van der Waals surface area (Å²) in [5, 5.41) is 6.68. The molecule has 0 aromatic carbocycles. The van der Waals surface area contributed by atoms with Crippen LogP contribution in [-0.4, -0.2) is 116 Å². The molecule has 0 aliphatic heterocycles. The van der Waals surface area contributed by atoms with Crippen molar-refractivity contribution in [1.82, 2.24) is 9.97 Å². The molecule has 0 fully saturated rings. The molecule has 20 heteroatoms. The number of nitrogens with zero attached hydrogens (tertiary/aromatic N) is 8. The van der Waals surface area contributed by atoms with Crippen LogP contribution in [0.1, 0.15) is 5.69 Å². The van der Waals surface area contributed by atoms with Gasteiger partial charge in [-0.25, -0.2) is 4.98 Å². The molecule has 0 atom stereocenters. The third kappa shape index (κ3) is 30.8. The first-order valence-electron chi connectivity index (χ1n) is 13.9. The van der Waals surface area contributed by atoms with Crippen molar-refractivity contribution in [2.75, 3.05) is 106 Å². The van der Waals surface area contributed by atoms with E-state index in [4.69, 9.17) is 49.0 Å². The van der Waals surface area contributed by atoms with Crippen LogP contribution in [0.2, 0.25) is 0 Å². The van der Waals surface area contributed by atoms with Gasteiger partial charge in [0.25, 0.3) is 5.95 Å². The standard InChI is InChI=1S/C14H22N4O4.C13H19FN4O4.2FH.K/c1-13-14(3-2-4-16-13)22-12-11-21-10-9-20-8-7-19-6-5-17-18-15;14-13-12(2-1-3-16-13)22-11-10-21-9-8-20-7-6-19-5-4-17-18-15;;;/h2-4H,5-12H2,1H3;1-3H,4-11H2;2*1H;/q;;;;+1/p-1/i;;1-1;;. The van der Waals surface area contributed by atoms with Crippen LogP contribution in [0.15, 0.2) is 46.9 Å². The van der Waals surface area contributed by atoms with Gasteiger partial charge in [0.2, 0.25) is 0 Å². The van der Waals surface area contributed by atoms with Crippen LogP contribution in [0.25, 0.3) is 20.9 Å².